The van der Waals surface area contributed by atoms with Crippen molar-refractivity contribution in [2.75, 3.05) is 19.0 Å². The van der Waals surface area contributed by atoms with Gasteiger partial charge in [0.05, 0.1) is 6.10 Å². The monoisotopic (exact) mass is 272 g/mol. The second-order valence-electron chi connectivity index (χ2n) is 3.77. The minimum absolute atomic E-state index is 0.248. The van der Waals surface area contributed by atoms with E-state index in [-0.39, 0.29) is 19.1 Å². The summed E-state index contributed by atoms with van der Waals surface area (Å²) in [6, 6.07) is -1.37. The van der Waals surface area contributed by atoms with E-state index in [1.165, 1.54) is 28.9 Å². The van der Waals surface area contributed by atoms with Crippen molar-refractivity contribution in [1.82, 2.24) is 15.1 Å². The highest BCUT2D eigenvalue weighted by molar-refractivity contribution is 7.13. The first-order valence-corrected chi connectivity index (χ1v) is 6.09. The molecule has 2 N–H and O–H groups in total. The Morgan fingerprint density at radius 3 is 3.00 bits per heavy atom. The first kappa shape index (κ1) is 12.7. The highest BCUT2D eigenvalue weighted by atomic mass is 32.1. The molecular weight excluding hydrogens is 260 g/mol. The minimum Gasteiger partial charge on any atom is -0.480 e. The molecule has 2 amide bonds. The van der Waals surface area contributed by atoms with Crippen molar-refractivity contribution >= 4 is 28.5 Å². The molecule has 2 unspecified atom stereocenters. The van der Waals surface area contributed by atoms with Gasteiger partial charge in [0, 0.05) is 20.1 Å². The van der Waals surface area contributed by atoms with E-state index in [4.69, 9.17) is 9.84 Å². The molecule has 1 aromatic rings. The van der Waals surface area contributed by atoms with Gasteiger partial charge in [0.2, 0.25) is 5.13 Å². The number of carboxylic acids is 1. The number of methoxy groups -OCH3 is 1. The van der Waals surface area contributed by atoms with Crippen LogP contribution in [-0.4, -0.2) is 58.0 Å². The first-order valence-electron chi connectivity index (χ1n) is 5.21. The van der Waals surface area contributed by atoms with Crippen LogP contribution in [0.5, 0.6) is 0 Å². The maximum absolute atomic E-state index is 11.9. The predicted molar refractivity (Wildman–Crippen MR) is 62.5 cm³/mol. The number of hydrogen-bond donors (Lipinski definition) is 2. The number of aliphatic carboxylic acids is 1. The summed E-state index contributed by atoms with van der Waals surface area (Å²) in [4.78, 5) is 24.2. The zero-order valence-corrected chi connectivity index (χ0v) is 10.4. The lowest BCUT2D eigenvalue weighted by Crippen LogP contribution is -2.43. The van der Waals surface area contributed by atoms with Crippen LogP contribution in [0.2, 0.25) is 0 Å². The van der Waals surface area contributed by atoms with Crippen molar-refractivity contribution in [3.8, 4) is 0 Å². The Balaban J connectivity index is 2.05. The van der Waals surface area contributed by atoms with Gasteiger partial charge < -0.3 is 14.7 Å². The third kappa shape index (κ3) is 2.57. The number of carbonyl (C=O) groups excluding carboxylic acids is 1. The minimum atomic E-state index is -1.04. The van der Waals surface area contributed by atoms with Crippen molar-refractivity contribution in [2.45, 2.75) is 18.6 Å². The lowest BCUT2D eigenvalue weighted by molar-refractivity contribution is -0.141. The van der Waals surface area contributed by atoms with Gasteiger partial charge in [-0.05, 0) is 0 Å². The molecule has 98 valence electrons. The van der Waals surface area contributed by atoms with Gasteiger partial charge in [-0.15, -0.1) is 10.2 Å². The normalized spacial score (nSPS) is 23.1. The van der Waals surface area contributed by atoms with Crippen LogP contribution >= 0.6 is 11.3 Å². The maximum atomic E-state index is 11.9. The number of carbonyl (C=O) groups is 2. The number of ether oxygens (including phenoxy) is 1. The van der Waals surface area contributed by atoms with Crippen LogP contribution in [0.4, 0.5) is 9.93 Å². The molecule has 1 aliphatic heterocycles. The van der Waals surface area contributed by atoms with Crippen molar-refractivity contribution in [2.24, 2.45) is 0 Å². The highest BCUT2D eigenvalue weighted by Gasteiger charge is 2.40. The van der Waals surface area contributed by atoms with Crippen LogP contribution in [0.25, 0.3) is 0 Å². The average Bonchev–Trinajstić information content (AvgIpc) is 2.96. The summed E-state index contributed by atoms with van der Waals surface area (Å²) < 4.78 is 5.10. The molecule has 2 atom stereocenters. The summed E-state index contributed by atoms with van der Waals surface area (Å²) in [5.41, 5.74) is 1.48. The second-order valence-corrected chi connectivity index (χ2v) is 4.61. The number of hydrogen-bond acceptors (Lipinski definition) is 6. The molecule has 0 spiro atoms. The fourth-order valence-electron chi connectivity index (χ4n) is 1.82. The molecule has 1 aromatic heterocycles. The zero-order chi connectivity index (χ0) is 13.1. The molecule has 2 heterocycles. The van der Waals surface area contributed by atoms with Crippen LogP contribution in [0.15, 0.2) is 5.51 Å². The number of anilines is 1. The summed E-state index contributed by atoms with van der Waals surface area (Å²) in [7, 11) is 1.50. The van der Waals surface area contributed by atoms with Crippen molar-refractivity contribution in [3.05, 3.63) is 5.51 Å². The topological polar surface area (TPSA) is 105 Å². The lowest BCUT2D eigenvalue weighted by Gasteiger charge is -2.20. The Hall–Kier alpha value is -1.74. The van der Waals surface area contributed by atoms with Crippen molar-refractivity contribution in [3.63, 3.8) is 0 Å². The molecule has 1 saturated heterocycles. The number of likely N-dealkylation sites (tertiary alicyclic amines) is 1. The number of nitrogens with zero attached hydrogens (tertiary/aromatic N) is 3. The average molecular weight is 272 g/mol. The highest BCUT2D eigenvalue weighted by Crippen LogP contribution is 2.21. The van der Waals surface area contributed by atoms with E-state index in [9.17, 15) is 9.59 Å². The molecule has 1 aliphatic rings. The Bertz CT molecular complexity index is 438. The molecule has 1 fully saturated rings. The Kier molecular flexibility index (Phi) is 3.72. The van der Waals surface area contributed by atoms with Crippen LogP contribution < -0.4 is 5.32 Å². The fourth-order valence-corrected chi connectivity index (χ4v) is 2.25. The van der Waals surface area contributed by atoms with Crippen LogP contribution in [0.1, 0.15) is 6.42 Å². The standard InChI is InChI=1S/C9H12N4O4S/c1-17-5-2-6(7(14)15)13(3-5)9(16)11-8-12-10-4-18-8/h4-6H,2-3H2,1H3,(H,14,15)(H,11,12,16). The van der Waals surface area contributed by atoms with E-state index >= 15 is 0 Å². The summed E-state index contributed by atoms with van der Waals surface area (Å²) in [6.45, 7) is 0.248. The first-order chi connectivity index (χ1) is 8.61. The molecule has 8 nitrogen and oxygen atoms in total. The van der Waals surface area contributed by atoms with Crippen molar-refractivity contribution in [1.29, 1.82) is 0 Å². The molecule has 18 heavy (non-hydrogen) atoms. The number of amides is 2. The largest absolute Gasteiger partial charge is 0.480 e. The predicted octanol–water partition coefficient (Wildman–Crippen LogP) is 0.244. The Labute approximate surface area is 107 Å². The zero-order valence-electron chi connectivity index (χ0n) is 9.57. The van der Waals surface area contributed by atoms with E-state index in [0.717, 1.165) is 0 Å². The number of nitrogens with one attached hydrogen (secondary N) is 1. The summed E-state index contributed by atoms with van der Waals surface area (Å²) in [5.74, 6) is -1.04. The van der Waals surface area contributed by atoms with Gasteiger partial charge >= 0.3 is 12.0 Å². The van der Waals surface area contributed by atoms with Crippen LogP contribution in [-0.2, 0) is 9.53 Å². The van der Waals surface area contributed by atoms with Gasteiger partial charge in [-0.2, -0.15) is 0 Å². The van der Waals surface area contributed by atoms with Crippen LogP contribution in [0.3, 0.4) is 0 Å². The number of carboxylic acid groups (broad SMARTS) is 1. The third-order valence-electron chi connectivity index (χ3n) is 2.72. The van der Waals surface area contributed by atoms with E-state index in [0.29, 0.717) is 5.13 Å². The van der Waals surface area contributed by atoms with Gasteiger partial charge in [-0.25, -0.2) is 9.59 Å². The fraction of sp³-hybridized carbons (Fsp3) is 0.556. The molecule has 0 aliphatic carbocycles. The lowest BCUT2D eigenvalue weighted by atomic mass is 10.2. The van der Waals surface area contributed by atoms with Gasteiger partial charge in [0.25, 0.3) is 0 Å². The van der Waals surface area contributed by atoms with Crippen molar-refractivity contribution < 1.29 is 19.4 Å². The summed E-state index contributed by atoms with van der Waals surface area (Å²) in [6.07, 6.45) is 0.0290. The number of rotatable bonds is 3. The van der Waals surface area contributed by atoms with Gasteiger partial charge in [-0.3, -0.25) is 5.32 Å². The quantitative estimate of drug-likeness (QED) is 0.817. The second kappa shape index (κ2) is 5.27. The summed E-state index contributed by atoms with van der Waals surface area (Å²) >= 11 is 1.17. The maximum Gasteiger partial charge on any atom is 0.326 e. The Morgan fingerprint density at radius 2 is 2.44 bits per heavy atom. The molecule has 0 radical (unpaired) electrons. The molecule has 0 saturated carbocycles. The van der Waals surface area contributed by atoms with E-state index in [1.54, 1.807) is 0 Å². The van der Waals surface area contributed by atoms with E-state index in [1.807, 2.05) is 0 Å². The molecule has 2 rings (SSSR count). The van der Waals surface area contributed by atoms with E-state index < -0.39 is 18.0 Å². The van der Waals surface area contributed by atoms with E-state index in [2.05, 4.69) is 15.5 Å². The SMILES string of the molecule is COC1CC(C(=O)O)N(C(=O)Nc2nncs2)C1. The Morgan fingerprint density at radius 1 is 1.67 bits per heavy atom. The molecule has 0 aromatic carbocycles. The molecule has 0 bridgehead atoms. The number of urea groups is 1. The summed E-state index contributed by atoms with van der Waals surface area (Å²) in [5, 5.41) is 19.2. The van der Waals surface area contributed by atoms with Gasteiger partial charge in [-0.1, -0.05) is 11.3 Å². The number of aromatic nitrogens is 2. The molecular formula is C9H12N4O4S. The van der Waals surface area contributed by atoms with Gasteiger partial charge in [0.15, 0.2) is 0 Å². The smallest absolute Gasteiger partial charge is 0.326 e. The molecule has 9 heteroatoms. The third-order valence-corrected chi connectivity index (χ3v) is 3.32. The van der Waals surface area contributed by atoms with Gasteiger partial charge in [0.1, 0.15) is 11.6 Å². The van der Waals surface area contributed by atoms with Crippen LogP contribution in [0, 0.1) is 0 Å².